The van der Waals surface area contributed by atoms with E-state index in [4.69, 9.17) is 11.6 Å². The van der Waals surface area contributed by atoms with Crippen LogP contribution in [0.25, 0.3) is 0 Å². The van der Waals surface area contributed by atoms with Gasteiger partial charge in [-0.25, -0.2) is 4.39 Å². The maximum Gasteiger partial charge on any atom is 0.240 e. The van der Waals surface area contributed by atoms with Gasteiger partial charge in [0.2, 0.25) is 5.91 Å². The minimum absolute atomic E-state index is 0. The standard InChI is InChI=1S/C34H32ClFN2O.CH4/c1-23(37-19-18-24-10-4-6-14-29(24)33(37)30-15-7-8-16-31(30)35)34(39)38(22-27-13-5-9-17-32(27)36)28-20-25-11-2-3-12-26(25)21-28;/h2-17,23,28,33H,18-22H2,1H3;1H4/t23-,33+;/m0./s1. The third-order valence-corrected chi connectivity index (χ3v) is 8.77. The second-order valence-electron chi connectivity index (χ2n) is 10.7. The maximum absolute atomic E-state index is 14.8. The topological polar surface area (TPSA) is 23.6 Å². The van der Waals surface area contributed by atoms with E-state index in [0.717, 1.165) is 31.4 Å². The summed E-state index contributed by atoms with van der Waals surface area (Å²) >= 11 is 6.75. The highest BCUT2D eigenvalue weighted by Gasteiger charge is 2.39. The van der Waals surface area contributed by atoms with Crippen molar-refractivity contribution in [2.75, 3.05) is 6.54 Å². The third kappa shape index (κ3) is 5.31. The summed E-state index contributed by atoms with van der Waals surface area (Å²) < 4.78 is 14.8. The third-order valence-electron chi connectivity index (χ3n) is 8.43. The van der Waals surface area contributed by atoms with Crippen LogP contribution in [0.15, 0.2) is 97.1 Å². The first-order chi connectivity index (χ1) is 19.0. The van der Waals surface area contributed by atoms with Crippen LogP contribution >= 0.6 is 11.6 Å². The smallest absolute Gasteiger partial charge is 0.240 e. The number of halogens is 2. The van der Waals surface area contributed by atoms with E-state index in [1.165, 1.54) is 28.3 Å². The van der Waals surface area contributed by atoms with Crippen LogP contribution in [-0.2, 0) is 30.6 Å². The molecule has 4 aromatic carbocycles. The summed E-state index contributed by atoms with van der Waals surface area (Å²) in [6, 6.07) is 30.9. The highest BCUT2D eigenvalue weighted by molar-refractivity contribution is 6.31. The predicted molar refractivity (Wildman–Crippen MR) is 161 cm³/mol. The van der Waals surface area contributed by atoms with E-state index in [1.54, 1.807) is 12.1 Å². The Morgan fingerprint density at radius 1 is 0.875 bits per heavy atom. The summed E-state index contributed by atoms with van der Waals surface area (Å²) in [5.74, 6) is -0.258. The molecule has 0 saturated carbocycles. The molecule has 40 heavy (non-hydrogen) atoms. The molecule has 0 saturated heterocycles. The summed E-state index contributed by atoms with van der Waals surface area (Å²) in [4.78, 5) is 18.7. The van der Waals surface area contributed by atoms with Crippen LogP contribution in [0.3, 0.4) is 0 Å². The van der Waals surface area contributed by atoms with Gasteiger partial charge in [-0.1, -0.05) is 104 Å². The van der Waals surface area contributed by atoms with Crippen LogP contribution in [0.4, 0.5) is 4.39 Å². The summed E-state index contributed by atoms with van der Waals surface area (Å²) in [6.45, 7) is 2.98. The molecule has 0 radical (unpaired) electrons. The van der Waals surface area contributed by atoms with Gasteiger partial charge in [-0.05, 0) is 66.1 Å². The zero-order chi connectivity index (χ0) is 26.9. The lowest BCUT2D eigenvalue weighted by Crippen LogP contribution is -2.53. The Bertz CT molecular complexity index is 1480. The van der Waals surface area contributed by atoms with E-state index in [2.05, 4.69) is 47.4 Å². The normalized spacial score (nSPS) is 17.4. The number of hydrogen-bond donors (Lipinski definition) is 0. The molecule has 0 unspecified atom stereocenters. The van der Waals surface area contributed by atoms with Gasteiger partial charge in [0.1, 0.15) is 5.82 Å². The fourth-order valence-electron chi connectivity index (χ4n) is 6.38. The Balaban J connectivity index is 0.00000323. The first kappa shape index (κ1) is 28.1. The molecule has 2 aliphatic rings. The SMILES string of the molecule is C.C[C@@H](C(=O)N(Cc1ccccc1F)C1Cc2ccccc2C1)N1CCc2ccccc2[C@@H]1c1ccccc1Cl. The second kappa shape index (κ2) is 12.0. The van der Waals surface area contributed by atoms with Gasteiger partial charge in [0, 0.05) is 29.7 Å². The molecule has 1 aliphatic carbocycles. The van der Waals surface area contributed by atoms with Crippen LogP contribution in [0.2, 0.25) is 5.02 Å². The van der Waals surface area contributed by atoms with E-state index in [9.17, 15) is 9.18 Å². The number of carbonyl (C=O) groups is 1. The van der Waals surface area contributed by atoms with Crippen molar-refractivity contribution in [2.24, 2.45) is 0 Å². The minimum Gasteiger partial charge on any atom is -0.333 e. The predicted octanol–water partition coefficient (Wildman–Crippen LogP) is 7.65. The van der Waals surface area contributed by atoms with Crippen molar-refractivity contribution in [1.82, 2.24) is 9.80 Å². The molecule has 1 aliphatic heterocycles. The van der Waals surface area contributed by atoms with Crippen molar-refractivity contribution in [3.05, 3.63) is 141 Å². The van der Waals surface area contributed by atoms with Crippen molar-refractivity contribution in [1.29, 1.82) is 0 Å². The Labute approximate surface area is 242 Å². The summed E-state index contributed by atoms with van der Waals surface area (Å²) in [7, 11) is 0. The lowest BCUT2D eigenvalue weighted by molar-refractivity contribution is -0.140. The molecule has 0 N–H and O–H groups in total. The highest BCUT2D eigenvalue weighted by atomic mass is 35.5. The number of benzene rings is 4. The van der Waals surface area contributed by atoms with Gasteiger partial charge in [0.25, 0.3) is 0 Å². The van der Waals surface area contributed by atoms with Crippen LogP contribution in [0.1, 0.15) is 53.8 Å². The van der Waals surface area contributed by atoms with Crippen LogP contribution in [0.5, 0.6) is 0 Å². The van der Waals surface area contributed by atoms with Crippen molar-refractivity contribution < 1.29 is 9.18 Å². The Hall–Kier alpha value is -3.47. The monoisotopic (exact) mass is 554 g/mol. The number of carbonyl (C=O) groups excluding carboxylic acids is 1. The molecule has 1 heterocycles. The molecular weight excluding hydrogens is 519 g/mol. The van der Waals surface area contributed by atoms with Gasteiger partial charge in [0.05, 0.1) is 12.1 Å². The van der Waals surface area contributed by atoms with Gasteiger partial charge in [-0.2, -0.15) is 0 Å². The molecule has 0 aromatic heterocycles. The minimum atomic E-state index is -0.421. The summed E-state index contributed by atoms with van der Waals surface area (Å²) in [5.41, 5.74) is 6.54. The van der Waals surface area contributed by atoms with E-state index >= 15 is 0 Å². The molecule has 4 aromatic rings. The Morgan fingerprint density at radius 3 is 2.12 bits per heavy atom. The summed E-state index contributed by atoms with van der Waals surface area (Å²) in [6.07, 6.45) is 2.41. The quantitative estimate of drug-likeness (QED) is 0.244. The van der Waals surface area contributed by atoms with Crippen LogP contribution in [-0.4, -0.2) is 34.3 Å². The number of fused-ring (bicyclic) bond motifs is 2. The molecule has 1 amide bonds. The number of hydrogen-bond acceptors (Lipinski definition) is 2. The maximum atomic E-state index is 14.8. The molecule has 3 nitrogen and oxygen atoms in total. The molecule has 5 heteroatoms. The number of nitrogens with zero attached hydrogens (tertiary/aromatic N) is 2. The fraction of sp³-hybridized carbons (Fsp3) is 0.286. The zero-order valence-corrected chi connectivity index (χ0v) is 22.8. The molecule has 6 rings (SSSR count). The lowest BCUT2D eigenvalue weighted by atomic mass is 9.87. The van der Waals surface area contributed by atoms with Gasteiger partial charge in [-0.15, -0.1) is 0 Å². The fourth-order valence-corrected chi connectivity index (χ4v) is 6.62. The molecule has 0 fully saturated rings. The largest absolute Gasteiger partial charge is 0.333 e. The zero-order valence-electron chi connectivity index (χ0n) is 22.1. The van der Waals surface area contributed by atoms with E-state index in [-0.39, 0.29) is 37.8 Å². The van der Waals surface area contributed by atoms with Crippen molar-refractivity contribution in [3.8, 4) is 0 Å². The van der Waals surface area contributed by atoms with E-state index < -0.39 is 6.04 Å². The first-order valence-corrected chi connectivity index (χ1v) is 14.1. The average Bonchev–Trinajstić information content (AvgIpc) is 3.40. The van der Waals surface area contributed by atoms with Gasteiger partial charge in [0.15, 0.2) is 0 Å². The van der Waals surface area contributed by atoms with E-state index in [1.807, 2.05) is 48.2 Å². The van der Waals surface area contributed by atoms with Crippen molar-refractivity contribution in [3.63, 3.8) is 0 Å². The highest BCUT2D eigenvalue weighted by Crippen LogP contribution is 2.40. The van der Waals surface area contributed by atoms with Gasteiger partial charge < -0.3 is 4.90 Å². The lowest BCUT2D eigenvalue weighted by Gasteiger charge is -2.43. The number of amides is 1. The van der Waals surface area contributed by atoms with Crippen LogP contribution < -0.4 is 0 Å². The average molecular weight is 555 g/mol. The van der Waals surface area contributed by atoms with Gasteiger partial charge in [-0.3, -0.25) is 9.69 Å². The molecule has 2 atom stereocenters. The van der Waals surface area contributed by atoms with Gasteiger partial charge >= 0.3 is 0 Å². The van der Waals surface area contributed by atoms with E-state index in [0.29, 0.717) is 10.6 Å². The first-order valence-electron chi connectivity index (χ1n) is 13.7. The molecule has 206 valence electrons. The van der Waals surface area contributed by atoms with Crippen molar-refractivity contribution in [2.45, 2.75) is 58.3 Å². The Kier molecular flexibility index (Phi) is 8.39. The number of rotatable bonds is 6. The van der Waals surface area contributed by atoms with Crippen LogP contribution in [0, 0.1) is 5.82 Å². The Morgan fingerprint density at radius 2 is 1.45 bits per heavy atom. The molecular formula is C35H36ClFN2O. The van der Waals surface area contributed by atoms with Crippen molar-refractivity contribution >= 4 is 17.5 Å². The molecule has 0 bridgehead atoms. The molecule has 0 spiro atoms. The summed E-state index contributed by atoms with van der Waals surface area (Å²) in [5, 5.41) is 0.693. The second-order valence-corrected chi connectivity index (χ2v) is 11.1.